The van der Waals surface area contributed by atoms with Crippen LogP contribution in [0.25, 0.3) is 0 Å². The molecule has 0 radical (unpaired) electrons. The molecule has 0 aliphatic heterocycles. The third-order valence-electron chi connectivity index (χ3n) is 2.94. The average molecular weight is 399 g/mol. The molecule has 0 saturated carbocycles. The van der Waals surface area contributed by atoms with Crippen molar-refractivity contribution in [2.75, 3.05) is 10.7 Å². The van der Waals surface area contributed by atoms with Gasteiger partial charge in [0, 0.05) is 10.7 Å². The maximum Gasteiger partial charge on any atom is 0.224 e. The largest absolute Gasteiger partial charge is 0.349 e. The second kappa shape index (κ2) is 7.33. The van der Waals surface area contributed by atoms with E-state index in [4.69, 9.17) is 0 Å². The van der Waals surface area contributed by atoms with Gasteiger partial charge >= 0.3 is 0 Å². The van der Waals surface area contributed by atoms with Crippen LogP contribution in [0.4, 0.5) is 8.78 Å². The molecule has 0 bridgehead atoms. The number of halogens is 4. The second-order valence-electron chi connectivity index (χ2n) is 4.37. The molecule has 0 saturated heterocycles. The fourth-order valence-electron chi connectivity index (χ4n) is 1.55. The molecule has 6 heteroatoms. The number of carbonyl (C=O) groups is 1. The Bertz CT molecular complexity index is 442. The Labute approximate surface area is 128 Å². The highest BCUT2D eigenvalue weighted by atomic mass is 79.9. The molecule has 0 aromatic heterocycles. The standard InChI is InChI=1S/C13H15Br2F2NO/c1-2-13(7-14,8-15)18-12(19)6-9-3-4-10(16)11(17)5-9/h3-5H,2,6-8H2,1H3,(H,18,19). The summed E-state index contributed by atoms with van der Waals surface area (Å²) < 4.78 is 25.8. The molecule has 0 atom stereocenters. The van der Waals surface area contributed by atoms with E-state index in [2.05, 4.69) is 37.2 Å². The smallest absolute Gasteiger partial charge is 0.224 e. The molecule has 0 spiro atoms. The van der Waals surface area contributed by atoms with E-state index < -0.39 is 11.6 Å². The average Bonchev–Trinajstić information content (AvgIpc) is 2.40. The SMILES string of the molecule is CCC(CBr)(CBr)NC(=O)Cc1ccc(F)c(F)c1. The first-order valence-corrected chi connectivity index (χ1v) is 8.07. The van der Waals surface area contributed by atoms with Crippen LogP contribution < -0.4 is 5.32 Å². The lowest BCUT2D eigenvalue weighted by atomic mass is 10.0. The van der Waals surface area contributed by atoms with Crippen molar-refractivity contribution < 1.29 is 13.6 Å². The normalized spacial score (nSPS) is 11.4. The Morgan fingerprint density at radius 3 is 2.37 bits per heavy atom. The van der Waals surface area contributed by atoms with Gasteiger partial charge in [-0.25, -0.2) is 8.78 Å². The molecule has 0 fully saturated rings. The fraction of sp³-hybridized carbons (Fsp3) is 0.462. The monoisotopic (exact) mass is 397 g/mol. The van der Waals surface area contributed by atoms with E-state index in [-0.39, 0.29) is 17.9 Å². The van der Waals surface area contributed by atoms with Crippen LogP contribution in [0.15, 0.2) is 18.2 Å². The minimum atomic E-state index is -0.937. The Kier molecular flexibility index (Phi) is 6.39. The molecule has 1 N–H and O–H groups in total. The molecule has 19 heavy (non-hydrogen) atoms. The number of amides is 1. The molecule has 1 rings (SSSR count). The van der Waals surface area contributed by atoms with E-state index in [0.717, 1.165) is 18.6 Å². The van der Waals surface area contributed by atoms with Crippen molar-refractivity contribution in [1.82, 2.24) is 5.32 Å². The molecule has 0 aliphatic rings. The molecule has 0 aliphatic carbocycles. The molecule has 1 aromatic rings. The first kappa shape index (κ1) is 16.6. The van der Waals surface area contributed by atoms with Crippen LogP contribution in [-0.4, -0.2) is 22.1 Å². The number of benzene rings is 1. The van der Waals surface area contributed by atoms with Crippen molar-refractivity contribution in [2.24, 2.45) is 0 Å². The van der Waals surface area contributed by atoms with Crippen LogP contribution >= 0.6 is 31.9 Å². The van der Waals surface area contributed by atoms with Crippen LogP contribution in [0.3, 0.4) is 0 Å². The van der Waals surface area contributed by atoms with E-state index in [1.165, 1.54) is 6.07 Å². The van der Waals surface area contributed by atoms with Gasteiger partial charge in [-0.15, -0.1) is 0 Å². The zero-order valence-electron chi connectivity index (χ0n) is 10.5. The molecule has 0 heterocycles. The summed E-state index contributed by atoms with van der Waals surface area (Å²) in [6, 6.07) is 3.48. The molecule has 2 nitrogen and oxygen atoms in total. The Morgan fingerprint density at radius 2 is 1.89 bits per heavy atom. The Hall–Kier alpha value is -0.490. The van der Waals surface area contributed by atoms with Gasteiger partial charge in [0.25, 0.3) is 0 Å². The number of nitrogens with one attached hydrogen (secondary N) is 1. The molecule has 0 unspecified atom stereocenters. The van der Waals surface area contributed by atoms with Crippen LogP contribution in [0.1, 0.15) is 18.9 Å². The second-order valence-corrected chi connectivity index (χ2v) is 5.50. The van der Waals surface area contributed by atoms with Crippen molar-refractivity contribution in [2.45, 2.75) is 25.3 Å². The summed E-state index contributed by atoms with van der Waals surface area (Å²) in [6.45, 7) is 1.97. The highest BCUT2D eigenvalue weighted by molar-refractivity contribution is 9.09. The lowest BCUT2D eigenvalue weighted by Crippen LogP contribution is -2.51. The lowest BCUT2D eigenvalue weighted by Gasteiger charge is -2.30. The van der Waals surface area contributed by atoms with Gasteiger partial charge in [-0.3, -0.25) is 4.79 Å². The highest BCUT2D eigenvalue weighted by Gasteiger charge is 2.27. The molecule has 1 aromatic carbocycles. The third kappa shape index (κ3) is 4.53. The third-order valence-corrected chi connectivity index (χ3v) is 5.09. The summed E-state index contributed by atoms with van der Waals surface area (Å²) in [5.74, 6) is -2.06. The fourth-order valence-corrected chi connectivity index (χ4v) is 3.56. The summed E-state index contributed by atoms with van der Waals surface area (Å²) >= 11 is 6.75. The van der Waals surface area contributed by atoms with E-state index in [9.17, 15) is 13.6 Å². The topological polar surface area (TPSA) is 29.1 Å². The molecule has 1 amide bonds. The number of rotatable bonds is 6. The summed E-state index contributed by atoms with van der Waals surface area (Å²) in [5, 5.41) is 4.15. The van der Waals surface area contributed by atoms with Gasteiger partial charge in [-0.1, -0.05) is 44.8 Å². The van der Waals surface area contributed by atoms with Crippen molar-refractivity contribution in [3.63, 3.8) is 0 Å². The van der Waals surface area contributed by atoms with Crippen molar-refractivity contribution in [3.05, 3.63) is 35.4 Å². The van der Waals surface area contributed by atoms with Gasteiger partial charge in [0.1, 0.15) is 0 Å². The van der Waals surface area contributed by atoms with Crippen molar-refractivity contribution in [3.8, 4) is 0 Å². The first-order valence-electron chi connectivity index (χ1n) is 5.83. The van der Waals surface area contributed by atoms with Gasteiger partial charge in [-0.05, 0) is 24.1 Å². The predicted molar refractivity (Wildman–Crippen MR) is 78.8 cm³/mol. The minimum Gasteiger partial charge on any atom is -0.349 e. The van der Waals surface area contributed by atoms with E-state index >= 15 is 0 Å². The number of hydrogen-bond donors (Lipinski definition) is 1. The van der Waals surface area contributed by atoms with Crippen molar-refractivity contribution >= 4 is 37.8 Å². The van der Waals surface area contributed by atoms with Gasteiger partial charge in [-0.2, -0.15) is 0 Å². The van der Waals surface area contributed by atoms with Crippen LogP contribution in [0, 0.1) is 11.6 Å². The Morgan fingerprint density at radius 1 is 1.26 bits per heavy atom. The highest BCUT2D eigenvalue weighted by Crippen LogP contribution is 2.17. The van der Waals surface area contributed by atoms with Gasteiger partial charge in [0.15, 0.2) is 11.6 Å². The van der Waals surface area contributed by atoms with E-state index in [0.29, 0.717) is 16.2 Å². The zero-order valence-corrected chi connectivity index (χ0v) is 13.7. The summed E-state index contributed by atoms with van der Waals surface area (Å²) in [7, 11) is 0. The quantitative estimate of drug-likeness (QED) is 0.729. The summed E-state index contributed by atoms with van der Waals surface area (Å²) in [4.78, 5) is 11.9. The van der Waals surface area contributed by atoms with Crippen LogP contribution in [0.5, 0.6) is 0 Å². The zero-order chi connectivity index (χ0) is 14.5. The van der Waals surface area contributed by atoms with Gasteiger partial charge in [0.05, 0.1) is 12.0 Å². The molecule has 106 valence electrons. The maximum atomic E-state index is 13.0. The lowest BCUT2D eigenvalue weighted by molar-refractivity contribution is -0.121. The predicted octanol–water partition coefficient (Wildman–Crippen LogP) is 3.56. The first-order chi connectivity index (χ1) is 8.96. The number of alkyl halides is 2. The van der Waals surface area contributed by atoms with Crippen LogP contribution in [0.2, 0.25) is 0 Å². The van der Waals surface area contributed by atoms with Crippen molar-refractivity contribution in [1.29, 1.82) is 0 Å². The summed E-state index contributed by atoms with van der Waals surface area (Å²) in [5.41, 5.74) is 0.0842. The maximum absolute atomic E-state index is 13.0. The minimum absolute atomic E-state index is 0.0267. The Balaban J connectivity index is 2.71. The summed E-state index contributed by atoms with van der Waals surface area (Å²) in [6.07, 6.45) is 0.784. The van der Waals surface area contributed by atoms with Gasteiger partial charge in [0.2, 0.25) is 5.91 Å². The van der Waals surface area contributed by atoms with Crippen LogP contribution in [-0.2, 0) is 11.2 Å². The van der Waals surface area contributed by atoms with E-state index in [1.807, 2.05) is 6.92 Å². The number of carbonyl (C=O) groups excluding carboxylic acids is 1. The number of hydrogen-bond acceptors (Lipinski definition) is 1. The molecular formula is C13H15Br2F2NO. The molecular weight excluding hydrogens is 384 g/mol. The van der Waals surface area contributed by atoms with E-state index in [1.54, 1.807) is 0 Å². The van der Waals surface area contributed by atoms with Gasteiger partial charge < -0.3 is 5.32 Å².